The highest BCUT2D eigenvalue weighted by Crippen LogP contribution is 2.11. The molecule has 0 saturated carbocycles. The lowest BCUT2D eigenvalue weighted by Crippen LogP contribution is -2.23. The Morgan fingerprint density at radius 2 is 2.30 bits per heavy atom. The normalized spacial score (nSPS) is 11.7. The van der Waals surface area contributed by atoms with Crippen LogP contribution in [0.15, 0.2) is 22.9 Å². The van der Waals surface area contributed by atoms with E-state index in [0.29, 0.717) is 11.6 Å². The number of nitrogens with zero attached hydrogens (tertiary/aromatic N) is 3. The van der Waals surface area contributed by atoms with E-state index in [9.17, 15) is 13.2 Å². The van der Waals surface area contributed by atoms with Crippen molar-refractivity contribution < 1.29 is 18.3 Å². The predicted octanol–water partition coefficient (Wildman–Crippen LogP) is 0.536. The minimum atomic E-state index is -3.72. The number of thiazole rings is 1. The van der Waals surface area contributed by atoms with Crippen LogP contribution in [-0.2, 0) is 23.1 Å². The van der Waals surface area contributed by atoms with Gasteiger partial charge in [0.2, 0.25) is 0 Å². The fraction of sp³-hybridized carbons (Fsp3) is 0.300. The number of aryl methyl sites for hydroxylation is 1. The zero-order valence-electron chi connectivity index (χ0n) is 10.5. The van der Waals surface area contributed by atoms with Crippen LogP contribution < -0.4 is 4.72 Å². The quantitative estimate of drug-likeness (QED) is 0.803. The Hall–Kier alpha value is -1.78. The summed E-state index contributed by atoms with van der Waals surface area (Å²) in [5.41, 5.74) is -0.0977. The summed E-state index contributed by atoms with van der Waals surface area (Å²) in [5, 5.41) is 10.4. The van der Waals surface area contributed by atoms with Gasteiger partial charge in [-0.3, -0.25) is 0 Å². The molecule has 0 aromatic carbocycles. The average Bonchev–Trinajstić information content (AvgIpc) is 3.05. The summed E-state index contributed by atoms with van der Waals surface area (Å²) in [6.45, 7) is 2.42. The van der Waals surface area contributed by atoms with E-state index in [2.05, 4.69) is 14.7 Å². The van der Waals surface area contributed by atoms with Crippen LogP contribution in [0.3, 0.4) is 0 Å². The summed E-state index contributed by atoms with van der Waals surface area (Å²) in [5.74, 6) is -1.14. The molecule has 8 nitrogen and oxygen atoms in total. The predicted molar refractivity (Wildman–Crippen MR) is 71.0 cm³/mol. The lowest BCUT2D eigenvalue weighted by atomic mass is 10.5. The summed E-state index contributed by atoms with van der Waals surface area (Å²) < 4.78 is 27.9. The first kappa shape index (κ1) is 14.6. The van der Waals surface area contributed by atoms with Crippen molar-refractivity contribution in [2.45, 2.75) is 25.0 Å². The van der Waals surface area contributed by atoms with Gasteiger partial charge in [-0.25, -0.2) is 27.9 Å². The molecule has 2 N–H and O–H groups in total. The van der Waals surface area contributed by atoms with Crippen molar-refractivity contribution in [2.24, 2.45) is 0 Å². The van der Waals surface area contributed by atoms with Crippen LogP contribution in [-0.4, -0.2) is 34.0 Å². The standard InChI is InChI=1S/C10H12N4O4S2/c1-2-14-4-9(11-6-14)20(17,18)12-3-8-13-7(5-19-8)10(15)16/h4-6,12H,2-3H2,1H3,(H,15,16). The van der Waals surface area contributed by atoms with Crippen molar-refractivity contribution in [3.05, 3.63) is 28.6 Å². The Morgan fingerprint density at radius 1 is 1.55 bits per heavy atom. The zero-order chi connectivity index (χ0) is 14.8. The zero-order valence-corrected chi connectivity index (χ0v) is 12.1. The van der Waals surface area contributed by atoms with E-state index in [0.717, 1.165) is 11.3 Å². The molecule has 0 fully saturated rings. The summed E-state index contributed by atoms with van der Waals surface area (Å²) in [4.78, 5) is 18.3. The summed E-state index contributed by atoms with van der Waals surface area (Å²) in [7, 11) is -3.72. The molecule has 0 amide bonds. The molecular formula is C10H12N4O4S2. The van der Waals surface area contributed by atoms with Crippen LogP contribution >= 0.6 is 11.3 Å². The van der Waals surface area contributed by atoms with E-state index in [1.54, 1.807) is 4.57 Å². The van der Waals surface area contributed by atoms with Gasteiger partial charge in [0, 0.05) is 18.1 Å². The fourth-order valence-electron chi connectivity index (χ4n) is 1.37. The second-order valence-electron chi connectivity index (χ2n) is 3.80. The Morgan fingerprint density at radius 3 is 2.85 bits per heavy atom. The van der Waals surface area contributed by atoms with Crippen LogP contribution in [0.5, 0.6) is 0 Å². The molecule has 2 rings (SSSR count). The second kappa shape index (κ2) is 5.69. The maximum Gasteiger partial charge on any atom is 0.355 e. The molecule has 0 spiro atoms. The molecule has 0 radical (unpaired) electrons. The number of hydrogen-bond acceptors (Lipinski definition) is 6. The van der Waals surface area contributed by atoms with E-state index in [1.165, 1.54) is 17.9 Å². The molecule has 0 saturated heterocycles. The first-order chi connectivity index (χ1) is 9.42. The van der Waals surface area contributed by atoms with Gasteiger partial charge in [-0.2, -0.15) is 0 Å². The van der Waals surface area contributed by atoms with Gasteiger partial charge >= 0.3 is 5.97 Å². The molecule has 0 aliphatic rings. The van der Waals surface area contributed by atoms with Crippen molar-refractivity contribution in [3.63, 3.8) is 0 Å². The van der Waals surface area contributed by atoms with E-state index in [1.807, 2.05) is 6.92 Å². The first-order valence-corrected chi connectivity index (χ1v) is 7.98. The summed E-state index contributed by atoms with van der Waals surface area (Å²) >= 11 is 1.08. The van der Waals surface area contributed by atoms with Crippen LogP contribution in [0, 0.1) is 0 Å². The van der Waals surface area contributed by atoms with E-state index < -0.39 is 16.0 Å². The Balaban J connectivity index is 2.06. The number of sulfonamides is 1. The monoisotopic (exact) mass is 316 g/mol. The molecule has 2 heterocycles. The van der Waals surface area contributed by atoms with Crippen molar-refractivity contribution in [2.75, 3.05) is 0 Å². The van der Waals surface area contributed by atoms with E-state index in [4.69, 9.17) is 5.11 Å². The Kier molecular flexibility index (Phi) is 4.16. The largest absolute Gasteiger partial charge is 0.476 e. The molecular weight excluding hydrogens is 304 g/mol. The molecule has 2 aromatic heterocycles. The highest BCUT2D eigenvalue weighted by molar-refractivity contribution is 7.89. The van der Waals surface area contributed by atoms with Crippen LogP contribution in [0.25, 0.3) is 0 Å². The average molecular weight is 316 g/mol. The lowest BCUT2D eigenvalue weighted by molar-refractivity contribution is 0.0691. The minimum absolute atomic E-state index is 0.0702. The summed E-state index contributed by atoms with van der Waals surface area (Å²) in [6, 6.07) is 0. The number of aromatic nitrogens is 3. The molecule has 2 aromatic rings. The van der Waals surface area contributed by atoms with Crippen molar-refractivity contribution in [1.82, 2.24) is 19.3 Å². The molecule has 20 heavy (non-hydrogen) atoms. The van der Waals surface area contributed by atoms with Crippen LogP contribution in [0.4, 0.5) is 0 Å². The SMILES string of the molecule is CCn1cnc(S(=O)(=O)NCc2nc(C(=O)O)cs2)c1. The Labute approximate surface area is 119 Å². The molecule has 0 atom stereocenters. The molecule has 0 unspecified atom stereocenters. The van der Waals surface area contributed by atoms with Gasteiger partial charge in [-0.05, 0) is 6.92 Å². The van der Waals surface area contributed by atoms with Gasteiger partial charge in [-0.15, -0.1) is 11.3 Å². The summed E-state index contributed by atoms with van der Waals surface area (Å²) in [6.07, 6.45) is 2.85. The number of carbonyl (C=O) groups is 1. The number of nitrogens with one attached hydrogen (secondary N) is 1. The number of carboxylic acid groups (broad SMARTS) is 1. The van der Waals surface area contributed by atoms with Crippen molar-refractivity contribution in [3.8, 4) is 0 Å². The van der Waals surface area contributed by atoms with Gasteiger partial charge in [-0.1, -0.05) is 0 Å². The highest BCUT2D eigenvalue weighted by Gasteiger charge is 2.18. The van der Waals surface area contributed by atoms with Gasteiger partial charge in [0.25, 0.3) is 10.0 Å². The number of hydrogen-bond donors (Lipinski definition) is 2. The third-order valence-corrected chi connectivity index (χ3v) is 4.57. The lowest BCUT2D eigenvalue weighted by Gasteiger charge is -2.01. The number of imidazole rings is 1. The third-order valence-electron chi connectivity index (χ3n) is 2.43. The molecule has 0 bridgehead atoms. The smallest absolute Gasteiger partial charge is 0.355 e. The second-order valence-corrected chi connectivity index (χ2v) is 6.46. The maximum atomic E-state index is 11.9. The van der Waals surface area contributed by atoms with E-state index in [-0.39, 0.29) is 17.3 Å². The van der Waals surface area contributed by atoms with Gasteiger partial charge in [0.1, 0.15) is 5.01 Å². The van der Waals surface area contributed by atoms with Crippen LogP contribution in [0.1, 0.15) is 22.4 Å². The maximum absolute atomic E-state index is 11.9. The molecule has 0 aliphatic carbocycles. The number of carboxylic acids is 1. The molecule has 0 aliphatic heterocycles. The molecule has 108 valence electrons. The topological polar surface area (TPSA) is 114 Å². The van der Waals surface area contributed by atoms with E-state index >= 15 is 0 Å². The van der Waals surface area contributed by atoms with Crippen molar-refractivity contribution >= 4 is 27.3 Å². The first-order valence-electron chi connectivity index (χ1n) is 5.61. The van der Waals surface area contributed by atoms with Crippen LogP contribution in [0.2, 0.25) is 0 Å². The van der Waals surface area contributed by atoms with Gasteiger partial charge < -0.3 is 9.67 Å². The highest BCUT2D eigenvalue weighted by atomic mass is 32.2. The third kappa shape index (κ3) is 3.21. The van der Waals surface area contributed by atoms with Gasteiger partial charge in [0.15, 0.2) is 10.7 Å². The van der Waals surface area contributed by atoms with Crippen molar-refractivity contribution in [1.29, 1.82) is 0 Å². The number of aromatic carboxylic acids is 1. The fourth-order valence-corrected chi connectivity index (χ4v) is 3.11. The minimum Gasteiger partial charge on any atom is -0.476 e. The van der Waals surface area contributed by atoms with Gasteiger partial charge in [0.05, 0.1) is 12.9 Å². The number of rotatable bonds is 6. The Bertz CT molecular complexity index is 719. The molecule has 10 heteroatoms.